The normalized spacial score (nSPS) is 19.2. The molecule has 7 heteroatoms. The minimum absolute atomic E-state index is 0.285. The van der Waals surface area contributed by atoms with Crippen molar-refractivity contribution in [2.45, 2.75) is 46.1 Å². The number of nitrogens with zero attached hydrogens (tertiary/aromatic N) is 5. The van der Waals surface area contributed by atoms with Crippen LogP contribution in [0.1, 0.15) is 42.3 Å². The molecule has 1 atom stereocenters. The highest BCUT2D eigenvalue weighted by Crippen LogP contribution is 2.45. The van der Waals surface area contributed by atoms with Crippen LogP contribution in [0.25, 0.3) is 16.7 Å². The third-order valence-electron chi connectivity index (χ3n) is 6.48. The summed E-state index contributed by atoms with van der Waals surface area (Å²) in [5.41, 5.74) is 7.06. The highest BCUT2D eigenvalue weighted by Gasteiger charge is 2.42. The Morgan fingerprint density at radius 1 is 1.13 bits per heavy atom. The topological polar surface area (TPSA) is 62.6 Å². The molecule has 6 nitrogen and oxygen atoms in total. The molecule has 4 aromatic rings. The van der Waals surface area contributed by atoms with Crippen LogP contribution in [0, 0.1) is 26.8 Å². The van der Waals surface area contributed by atoms with E-state index in [0.29, 0.717) is 0 Å². The summed E-state index contributed by atoms with van der Waals surface area (Å²) in [4.78, 5) is 12.7. The van der Waals surface area contributed by atoms with E-state index >= 15 is 0 Å². The van der Waals surface area contributed by atoms with Gasteiger partial charge in [-0.15, -0.1) is 4.80 Å². The Morgan fingerprint density at radius 3 is 2.67 bits per heavy atom. The highest BCUT2D eigenvalue weighted by molar-refractivity contribution is 6.32. The molecule has 153 valence electrons. The molecule has 2 aromatic heterocycles. The van der Waals surface area contributed by atoms with Crippen LogP contribution < -0.4 is 4.90 Å². The van der Waals surface area contributed by atoms with E-state index in [0.717, 1.165) is 58.2 Å². The number of hydrogen-bond donors (Lipinski definition) is 1. The van der Waals surface area contributed by atoms with Crippen molar-refractivity contribution in [1.82, 2.24) is 25.0 Å². The second-order valence-electron chi connectivity index (χ2n) is 8.30. The zero-order chi connectivity index (χ0) is 21.0. The van der Waals surface area contributed by atoms with E-state index in [1.807, 2.05) is 25.1 Å². The van der Waals surface area contributed by atoms with Crippen molar-refractivity contribution in [2.75, 3.05) is 11.4 Å². The third kappa shape index (κ3) is 2.74. The number of fused-ring (bicyclic) bond motifs is 1. The standard InChI is InChI=1S/C23H24ClN6/c1-14-6-9-19(30-25-11-12-26-30)21(15(14)2)29-13-5-10-23(29,4)22-27-18-8-7-17(24)16(3)20(18)28-22/h6-8,11-12H,5,10,13H2,1-4H3,(H,27,28)/t23-/m0/s1. The van der Waals surface area contributed by atoms with E-state index in [4.69, 9.17) is 16.6 Å². The van der Waals surface area contributed by atoms with Crippen LogP contribution in [0.15, 0.2) is 30.6 Å². The molecule has 0 unspecified atom stereocenters. The van der Waals surface area contributed by atoms with Crippen molar-refractivity contribution < 1.29 is 0 Å². The average Bonchev–Trinajstić information content (AvgIpc) is 3.47. The van der Waals surface area contributed by atoms with Gasteiger partial charge < -0.3 is 9.88 Å². The lowest BCUT2D eigenvalue weighted by Gasteiger charge is -2.37. The Hall–Kier alpha value is -2.86. The van der Waals surface area contributed by atoms with Crippen LogP contribution in [0.2, 0.25) is 5.02 Å². The van der Waals surface area contributed by atoms with Gasteiger partial charge in [-0.3, -0.25) is 0 Å². The number of anilines is 1. The first kappa shape index (κ1) is 19.1. The summed E-state index contributed by atoms with van der Waals surface area (Å²) in [6.45, 7) is 9.49. The van der Waals surface area contributed by atoms with Crippen LogP contribution in [-0.2, 0) is 5.54 Å². The van der Waals surface area contributed by atoms with E-state index in [-0.39, 0.29) is 5.54 Å². The Bertz CT molecular complexity index is 1240. The number of hydrogen-bond acceptors (Lipinski definition) is 4. The summed E-state index contributed by atoms with van der Waals surface area (Å²) in [6, 6.07) is 9.35. The summed E-state index contributed by atoms with van der Waals surface area (Å²) < 4.78 is 0. The van der Waals surface area contributed by atoms with E-state index in [9.17, 15) is 0 Å². The molecule has 5 rings (SSSR count). The molecular formula is C23H24ClN6. The van der Waals surface area contributed by atoms with E-state index in [1.165, 1.54) is 11.1 Å². The minimum Gasteiger partial charge on any atom is -0.357 e. The largest absolute Gasteiger partial charge is 0.357 e. The molecule has 0 saturated carbocycles. The van der Waals surface area contributed by atoms with Crippen LogP contribution in [0.5, 0.6) is 0 Å². The number of imidazole rings is 1. The summed E-state index contributed by atoms with van der Waals surface area (Å²) in [5, 5.41) is 9.49. The van der Waals surface area contributed by atoms with Crippen molar-refractivity contribution in [1.29, 1.82) is 0 Å². The van der Waals surface area contributed by atoms with Crippen molar-refractivity contribution in [3.8, 4) is 5.69 Å². The van der Waals surface area contributed by atoms with Crippen molar-refractivity contribution >= 4 is 28.3 Å². The molecule has 0 spiro atoms. The molecule has 0 bridgehead atoms. The predicted molar refractivity (Wildman–Crippen MR) is 119 cm³/mol. The molecular weight excluding hydrogens is 396 g/mol. The maximum Gasteiger partial charge on any atom is 0.132 e. The number of halogens is 1. The number of H-pyrrole nitrogens is 1. The maximum atomic E-state index is 6.35. The molecule has 1 N–H and O–H groups in total. The predicted octanol–water partition coefficient (Wildman–Crippen LogP) is 5.04. The fourth-order valence-corrected chi connectivity index (χ4v) is 4.69. The lowest BCUT2D eigenvalue weighted by Crippen LogP contribution is -2.40. The SMILES string of the molecule is Cc1c[c]c(-n2nccn2)c(N2CCC[C@@]2(C)c2nc3c(C)c(Cl)ccc3[nH]2)c1C. The van der Waals surface area contributed by atoms with E-state index in [1.54, 1.807) is 17.2 Å². The minimum atomic E-state index is -0.285. The Labute approximate surface area is 180 Å². The van der Waals surface area contributed by atoms with Crippen molar-refractivity contribution in [3.63, 3.8) is 0 Å². The zero-order valence-electron chi connectivity index (χ0n) is 17.6. The molecule has 0 amide bonds. The molecule has 1 aliphatic heterocycles. The second-order valence-corrected chi connectivity index (χ2v) is 8.70. The number of benzene rings is 2. The lowest BCUT2D eigenvalue weighted by molar-refractivity contribution is 0.465. The lowest BCUT2D eigenvalue weighted by atomic mass is 9.95. The first-order valence-electron chi connectivity index (χ1n) is 10.2. The monoisotopic (exact) mass is 419 g/mol. The molecule has 1 radical (unpaired) electrons. The Balaban J connectivity index is 1.70. The number of rotatable bonds is 3. The van der Waals surface area contributed by atoms with Gasteiger partial charge >= 0.3 is 0 Å². The molecule has 1 saturated heterocycles. The summed E-state index contributed by atoms with van der Waals surface area (Å²) in [5.74, 6) is 0.959. The Morgan fingerprint density at radius 2 is 1.90 bits per heavy atom. The van der Waals surface area contributed by atoms with Crippen LogP contribution in [0.4, 0.5) is 5.69 Å². The summed E-state index contributed by atoms with van der Waals surface area (Å²) in [7, 11) is 0. The molecule has 0 aliphatic carbocycles. The first-order valence-corrected chi connectivity index (χ1v) is 10.6. The summed E-state index contributed by atoms with van der Waals surface area (Å²) >= 11 is 6.35. The number of aromatic nitrogens is 5. The molecule has 3 heterocycles. The molecule has 2 aromatic carbocycles. The Kier molecular flexibility index (Phi) is 4.36. The van der Waals surface area contributed by atoms with Crippen LogP contribution >= 0.6 is 11.6 Å². The van der Waals surface area contributed by atoms with Gasteiger partial charge in [-0.2, -0.15) is 10.2 Å². The van der Waals surface area contributed by atoms with Crippen LogP contribution in [-0.4, -0.2) is 31.5 Å². The van der Waals surface area contributed by atoms with Crippen molar-refractivity contribution in [2.24, 2.45) is 0 Å². The fourth-order valence-electron chi connectivity index (χ4n) is 4.54. The first-order chi connectivity index (χ1) is 14.4. The molecule has 30 heavy (non-hydrogen) atoms. The molecule has 1 aliphatic rings. The van der Waals surface area contributed by atoms with Gasteiger partial charge in [0.1, 0.15) is 11.5 Å². The maximum absolute atomic E-state index is 6.35. The van der Waals surface area contributed by atoms with Crippen molar-refractivity contribution in [3.05, 3.63) is 64.2 Å². The zero-order valence-corrected chi connectivity index (χ0v) is 18.4. The third-order valence-corrected chi connectivity index (χ3v) is 6.89. The van der Waals surface area contributed by atoms with Gasteiger partial charge in [0, 0.05) is 17.6 Å². The van der Waals surface area contributed by atoms with E-state index < -0.39 is 0 Å². The number of aromatic amines is 1. The average molecular weight is 420 g/mol. The van der Waals surface area contributed by atoms with Crippen LogP contribution in [0.3, 0.4) is 0 Å². The number of nitrogens with one attached hydrogen (secondary N) is 1. The quantitative estimate of drug-likeness (QED) is 0.505. The highest BCUT2D eigenvalue weighted by atomic mass is 35.5. The van der Waals surface area contributed by atoms with Gasteiger partial charge in [-0.05, 0) is 75.4 Å². The van der Waals surface area contributed by atoms with Gasteiger partial charge in [0.25, 0.3) is 0 Å². The summed E-state index contributed by atoms with van der Waals surface area (Å²) in [6.07, 6.45) is 5.47. The molecule has 1 fully saturated rings. The number of aryl methyl sites for hydroxylation is 2. The second kappa shape index (κ2) is 6.84. The smallest absolute Gasteiger partial charge is 0.132 e. The van der Waals surface area contributed by atoms with Gasteiger partial charge in [-0.25, -0.2) is 4.98 Å². The van der Waals surface area contributed by atoms with Gasteiger partial charge in [0.05, 0.1) is 34.7 Å². The fraction of sp³-hybridized carbons (Fsp3) is 0.348. The van der Waals surface area contributed by atoms with Gasteiger partial charge in [0.2, 0.25) is 0 Å². The van der Waals surface area contributed by atoms with Gasteiger partial charge in [-0.1, -0.05) is 11.6 Å². The van der Waals surface area contributed by atoms with E-state index in [2.05, 4.69) is 46.9 Å². The van der Waals surface area contributed by atoms with Gasteiger partial charge in [0.15, 0.2) is 0 Å².